The molecule has 0 radical (unpaired) electrons. The number of benzene rings is 2. The first-order valence-electron chi connectivity index (χ1n) is 8.91. The Morgan fingerprint density at radius 2 is 1.77 bits per heavy atom. The summed E-state index contributed by atoms with van der Waals surface area (Å²) in [7, 11) is 0. The van der Waals surface area contributed by atoms with Crippen molar-refractivity contribution in [3.63, 3.8) is 0 Å². The van der Waals surface area contributed by atoms with Gasteiger partial charge < -0.3 is 10.6 Å². The number of nitrogens with one attached hydrogen (secondary N) is 2. The highest BCUT2D eigenvalue weighted by Gasteiger charge is 2.17. The fourth-order valence-corrected chi connectivity index (χ4v) is 2.90. The van der Waals surface area contributed by atoms with Gasteiger partial charge in [-0.05, 0) is 35.6 Å². The molecule has 0 aliphatic rings. The third-order valence-electron chi connectivity index (χ3n) is 4.19. The summed E-state index contributed by atoms with van der Waals surface area (Å²) in [6.45, 7) is 9.44. The van der Waals surface area contributed by atoms with Crippen LogP contribution in [0.5, 0.6) is 0 Å². The van der Waals surface area contributed by atoms with E-state index >= 15 is 0 Å². The highest BCUT2D eigenvalue weighted by atomic mass is 15.1. The molecule has 0 bridgehead atoms. The zero-order valence-electron chi connectivity index (χ0n) is 15.9. The van der Waals surface area contributed by atoms with E-state index in [9.17, 15) is 0 Å². The van der Waals surface area contributed by atoms with Crippen LogP contribution >= 0.6 is 0 Å². The highest BCUT2D eigenvalue weighted by Crippen LogP contribution is 2.30. The summed E-state index contributed by atoms with van der Waals surface area (Å²) in [5.41, 5.74) is 4.81. The summed E-state index contributed by atoms with van der Waals surface area (Å²) in [4.78, 5) is 8.96. The van der Waals surface area contributed by atoms with Gasteiger partial charge in [-0.25, -0.2) is 4.98 Å². The van der Waals surface area contributed by atoms with Gasteiger partial charge in [0.25, 0.3) is 0 Å². The van der Waals surface area contributed by atoms with E-state index in [0.29, 0.717) is 5.95 Å². The molecule has 0 atom stereocenters. The molecule has 134 valence electrons. The van der Waals surface area contributed by atoms with Crippen LogP contribution < -0.4 is 10.6 Å². The molecule has 4 heteroatoms. The minimum Gasteiger partial charge on any atom is -0.366 e. The number of hydrogen-bond donors (Lipinski definition) is 2. The number of aryl methyl sites for hydroxylation is 1. The minimum atomic E-state index is 0.0463. The van der Waals surface area contributed by atoms with E-state index in [1.807, 2.05) is 12.1 Å². The SMILES string of the molecule is Cc1cccc(CNc2ccnc(Nc3ccccc3C(C)(C)C)n2)c1. The Labute approximate surface area is 155 Å². The summed E-state index contributed by atoms with van der Waals surface area (Å²) >= 11 is 0. The van der Waals surface area contributed by atoms with Gasteiger partial charge in [-0.15, -0.1) is 0 Å². The molecule has 3 aromatic rings. The largest absolute Gasteiger partial charge is 0.366 e. The van der Waals surface area contributed by atoms with Gasteiger partial charge in [0.05, 0.1) is 0 Å². The minimum absolute atomic E-state index is 0.0463. The normalized spacial score (nSPS) is 11.2. The lowest BCUT2D eigenvalue weighted by atomic mass is 9.86. The lowest BCUT2D eigenvalue weighted by molar-refractivity contribution is 0.592. The highest BCUT2D eigenvalue weighted by molar-refractivity contribution is 5.61. The summed E-state index contributed by atoms with van der Waals surface area (Å²) < 4.78 is 0. The van der Waals surface area contributed by atoms with Gasteiger partial charge in [0, 0.05) is 18.4 Å². The maximum Gasteiger partial charge on any atom is 0.229 e. The second-order valence-corrected chi connectivity index (χ2v) is 7.53. The molecule has 2 N–H and O–H groups in total. The van der Waals surface area contributed by atoms with Crippen molar-refractivity contribution in [2.45, 2.75) is 39.7 Å². The molecular weight excluding hydrogens is 320 g/mol. The Kier molecular flexibility index (Phi) is 5.21. The maximum atomic E-state index is 4.60. The second-order valence-electron chi connectivity index (χ2n) is 7.53. The molecule has 0 amide bonds. The molecular formula is C22H26N4. The Bertz CT molecular complexity index is 881. The van der Waals surface area contributed by atoms with Crippen molar-refractivity contribution in [2.75, 3.05) is 10.6 Å². The Balaban J connectivity index is 1.74. The fourth-order valence-electron chi connectivity index (χ4n) is 2.90. The first-order chi connectivity index (χ1) is 12.4. The van der Waals surface area contributed by atoms with Gasteiger partial charge in [-0.2, -0.15) is 4.98 Å². The number of rotatable bonds is 5. The number of hydrogen-bond acceptors (Lipinski definition) is 4. The van der Waals surface area contributed by atoms with Crippen LogP contribution in [-0.4, -0.2) is 9.97 Å². The first kappa shape index (κ1) is 17.9. The molecule has 26 heavy (non-hydrogen) atoms. The van der Waals surface area contributed by atoms with Gasteiger partial charge in [0.15, 0.2) is 0 Å². The first-order valence-corrected chi connectivity index (χ1v) is 8.91. The van der Waals surface area contributed by atoms with Crippen molar-refractivity contribution in [1.82, 2.24) is 9.97 Å². The summed E-state index contributed by atoms with van der Waals surface area (Å²) in [5.74, 6) is 1.40. The van der Waals surface area contributed by atoms with Gasteiger partial charge in [-0.1, -0.05) is 68.8 Å². The van der Waals surface area contributed by atoms with E-state index in [-0.39, 0.29) is 5.41 Å². The molecule has 0 unspecified atom stereocenters. The smallest absolute Gasteiger partial charge is 0.229 e. The van der Waals surface area contributed by atoms with Crippen LogP contribution in [-0.2, 0) is 12.0 Å². The molecule has 0 spiro atoms. The molecule has 4 nitrogen and oxygen atoms in total. The molecule has 0 saturated heterocycles. The second kappa shape index (κ2) is 7.56. The topological polar surface area (TPSA) is 49.8 Å². The molecule has 1 heterocycles. The zero-order chi connectivity index (χ0) is 18.6. The van der Waals surface area contributed by atoms with Crippen molar-refractivity contribution >= 4 is 17.5 Å². The third-order valence-corrected chi connectivity index (χ3v) is 4.19. The maximum absolute atomic E-state index is 4.60. The number of anilines is 3. The fraction of sp³-hybridized carbons (Fsp3) is 0.273. The van der Waals surface area contributed by atoms with E-state index in [1.54, 1.807) is 6.20 Å². The average Bonchev–Trinajstić information content (AvgIpc) is 2.60. The van der Waals surface area contributed by atoms with Crippen LogP contribution in [0, 0.1) is 6.92 Å². The molecule has 1 aromatic heterocycles. The van der Waals surface area contributed by atoms with Crippen molar-refractivity contribution in [2.24, 2.45) is 0 Å². The summed E-state index contributed by atoms with van der Waals surface area (Å²) in [6, 6.07) is 18.6. The van der Waals surface area contributed by atoms with Crippen LogP contribution in [0.15, 0.2) is 60.8 Å². The predicted molar refractivity (Wildman–Crippen MR) is 109 cm³/mol. The van der Waals surface area contributed by atoms with E-state index in [4.69, 9.17) is 0 Å². The quantitative estimate of drug-likeness (QED) is 0.646. The Morgan fingerprint density at radius 3 is 2.54 bits per heavy atom. The van der Waals surface area contributed by atoms with Crippen molar-refractivity contribution in [3.8, 4) is 0 Å². The van der Waals surface area contributed by atoms with Crippen LogP contribution in [0.1, 0.15) is 37.5 Å². The Morgan fingerprint density at radius 1 is 0.962 bits per heavy atom. The van der Waals surface area contributed by atoms with E-state index < -0.39 is 0 Å². The van der Waals surface area contributed by atoms with Crippen molar-refractivity contribution in [3.05, 3.63) is 77.5 Å². The van der Waals surface area contributed by atoms with Crippen LogP contribution in [0.25, 0.3) is 0 Å². The summed E-state index contributed by atoms with van der Waals surface area (Å²) in [6.07, 6.45) is 1.77. The standard InChI is InChI=1S/C22H26N4/c1-16-8-7-9-17(14-16)15-24-20-12-13-23-21(26-20)25-19-11-6-5-10-18(19)22(2,3)4/h5-14H,15H2,1-4H3,(H2,23,24,25,26). The van der Waals surface area contributed by atoms with Crippen LogP contribution in [0.2, 0.25) is 0 Å². The molecule has 0 aliphatic heterocycles. The van der Waals surface area contributed by atoms with E-state index in [2.05, 4.69) is 90.8 Å². The summed E-state index contributed by atoms with van der Waals surface area (Å²) in [5, 5.41) is 6.73. The molecule has 0 saturated carbocycles. The van der Waals surface area contributed by atoms with E-state index in [1.165, 1.54) is 16.7 Å². The monoisotopic (exact) mass is 346 g/mol. The third kappa shape index (κ3) is 4.60. The number of aromatic nitrogens is 2. The van der Waals surface area contributed by atoms with Crippen LogP contribution in [0.4, 0.5) is 17.5 Å². The Hall–Kier alpha value is -2.88. The van der Waals surface area contributed by atoms with Gasteiger partial charge >= 0.3 is 0 Å². The molecule has 0 aliphatic carbocycles. The molecule has 0 fully saturated rings. The lowest BCUT2D eigenvalue weighted by Gasteiger charge is -2.23. The predicted octanol–water partition coefficient (Wildman–Crippen LogP) is 5.44. The van der Waals surface area contributed by atoms with Gasteiger partial charge in [0.1, 0.15) is 5.82 Å². The number of nitrogens with zero attached hydrogens (tertiary/aromatic N) is 2. The van der Waals surface area contributed by atoms with Gasteiger partial charge in [0.2, 0.25) is 5.95 Å². The van der Waals surface area contributed by atoms with Crippen molar-refractivity contribution in [1.29, 1.82) is 0 Å². The van der Waals surface area contributed by atoms with Gasteiger partial charge in [-0.3, -0.25) is 0 Å². The van der Waals surface area contributed by atoms with E-state index in [0.717, 1.165) is 18.1 Å². The number of para-hydroxylation sites is 1. The molecule has 2 aromatic carbocycles. The average molecular weight is 346 g/mol. The van der Waals surface area contributed by atoms with Crippen molar-refractivity contribution < 1.29 is 0 Å². The van der Waals surface area contributed by atoms with Crippen LogP contribution in [0.3, 0.4) is 0 Å². The molecule has 3 rings (SSSR count). The lowest BCUT2D eigenvalue weighted by Crippen LogP contribution is -2.14. The zero-order valence-corrected chi connectivity index (χ0v) is 15.9.